The number of carbonyl (C=O) groups excluding carboxylic acids is 1. The van der Waals surface area contributed by atoms with E-state index in [0.29, 0.717) is 30.1 Å². The van der Waals surface area contributed by atoms with Crippen molar-refractivity contribution in [1.82, 2.24) is 4.31 Å². The van der Waals surface area contributed by atoms with Crippen LogP contribution in [0.2, 0.25) is 0 Å². The van der Waals surface area contributed by atoms with Gasteiger partial charge in [-0.1, -0.05) is 0 Å². The fourth-order valence-electron chi connectivity index (χ4n) is 2.43. The van der Waals surface area contributed by atoms with Crippen LogP contribution in [0.4, 0.5) is 0 Å². The van der Waals surface area contributed by atoms with E-state index in [-0.39, 0.29) is 11.7 Å². The molecule has 1 unspecified atom stereocenters. The first-order valence-electron chi connectivity index (χ1n) is 6.51. The molecule has 2 heterocycles. The van der Waals surface area contributed by atoms with Crippen LogP contribution < -0.4 is 4.74 Å². The molecule has 1 aromatic heterocycles. The van der Waals surface area contributed by atoms with Gasteiger partial charge in [-0.2, -0.15) is 0 Å². The summed E-state index contributed by atoms with van der Waals surface area (Å²) in [7, 11) is -1.58. The van der Waals surface area contributed by atoms with Crippen molar-refractivity contribution in [2.24, 2.45) is 5.92 Å². The fraction of sp³-hybridized carbons (Fsp3) is 0.615. The van der Waals surface area contributed by atoms with Crippen molar-refractivity contribution in [2.75, 3.05) is 26.5 Å². The molecular formula is C13H19NO4S2. The number of methoxy groups -OCH3 is 1. The highest BCUT2D eigenvalue weighted by molar-refractivity contribution is 7.88. The SMILES string of the molecule is COc1csc(C(=O)CC2CCCN(S(C)(=O)=O)C2)c1. The first-order chi connectivity index (χ1) is 9.40. The van der Waals surface area contributed by atoms with Crippen LogP contribution >= 0.6 is 11.3 Å². The number of hydrogen-bond acceptors (Lipinski definition) is 5. The number of ether oxygens (including phenoxy) is 1. The van der Waals surface area contributed by atoms with Crippen LogP contribution in [0.1, 0.15) is 28.9 Å². The maximum atomic E-state index is 12.2. The quantitative estimate of drug-likeness (QED) is 0.779. The number of ketones is 1. The lowest BCUT2D eigenvalue weighted by Crippen LogP contribution is -2.39. The third-order valence-corrected chi connectivity index (χ3v) is 5.73. The molecular weight excluding hydrogens is 298 g/mol. The summed E-state index contributed by atoms with van der Waals surface area (Å²) < 4.78 is 29.7. The van der Waals surface area contributed by atoms with Crippen molar-refractivity contribution in [3.05, 3.63) is 16.3 Å². The third-order valence-electron chi connectivity index (χ3n) is 3.51. The van der Waals surface area contributed by atoms with E-state index in [2.05, 4.69) is 0 Å². The lowest BCUT2D eigenvalue weighted by molar-refractivity contribution is 0.0946. The molecule has 5 nitrogen and oxygen atoms in total. The number of thiophene rings is 1. The first kappa shape index (κ1) is 15.5. The topological polar surface area (TPSA) is 63.7 Å². The Morgan fingerprint density at radius 1 is 1.55 bits per heavy atom. The summed E-state index contributed by atoms with van der Waals surface area (Å²) in [5.74, 6) is 0.873. The van der Waals surface area contributed by atoms with Gasteiger partial charge >= 0.3 is 0 Å². The van der Waals surface area contributed by atoms with Gasteiger partial charge in [-0.15, -0.1) is 11.3 Å². The third kappa shape index (κ3) is 3.80. The lowest BCUT2D eigenvalue weighted by atomic mass is 9.94. The predicted molar refractivity (Wildman–Crippen MR) is 79.0 cm³/mol. The Kier molecular flexibility index (Phi) is 4.82. The van der Waals surface area contributed by atoms with Crippen LogP contribution in [0, 0.1) is 5.92 Å². The molecule has 7 heteroatoms. The van der Waals surface area contributed by atoms with Crippen molar-refractivity contribution in [2.45, 2.75) is 19.3 Å². The zero-order chi connectivity index (χ0) is 14.8. The Labute approximate surface area is 123 Å². The van der Waals surface area contributed by atoms with Crippen molar-refractivity contribution < 1.29 is 17.9 Å². The maximum absolute atomic E-state index is 12.2. The van der Waals surface area contributed by atoms with Crippen LogP contribution in [-0.2, 0) is 10.0 Å². The van der Waals surface area contributed by atoms with Crippen molar-refractivity contribution >= 4 is 27.1 Å². The van der Waals surface area contributed by atoms with Gasteiger partial charge < -0.3 is 4.74 Å². The summed E-state index contributed by atoms with van der Waals surface area (Å²) in [6.07, 6.45) is 3.34. The van der Waals surface area contributed by atoms with Crippen LogP contribution in [-0.4, -0.2) is 45.0 Å². The number of nitrogens with zero attached hydrogens (tertiary/aromatic N) is 1. The average Bonchev–Trinajstić information content (AvgIpc) is 2.87. The van der Waals surface area contributed by atoms with E-state index in [1.54, 1.807) is 18.6 Å². The molecule has 1 saturated heterocycles. The Bertz CT molecular complexity index is 579. The molecule has 0 saturated carbocycles. The average molecular weight is 317 g/mol. The highest BCUT2D eigenvalue weighted by atomic mass is 32.2. The van der Waals surface area contributed by atoms with Crippen molar-refractivity contribution in [3.63, 3.8) is 0 Å². The molecule has 0 N–H and O–H groups in total. The first-order valence-corrected chi connectivity index (χ1v) is 9.24. The molecule has 0 bridgehead atoms. The van der Waals surface area contributed by atoms with E-state index >= 15 is 0 Å². The highest BCUT2D eigenvalue weighted by Gasteiger charge is 2.27. The van der Waals surface area contributed by atoms with E-state index in [1.165, 1.54) is 21.9 Å². The smallest absolute Gasteiger partial charge is 0.211 e. The van der Waals surface area contributed by atoms with Gasteiger partial charge in [-0.25, -0.2) is 12.7 Å². The molecule has 1 aliphatic heterocycles. The second-order valence-corrected chi connectivity index (χ2v) is 8.00. The minimum Gasteiger partial charge on any atom is -0.496 e. The van der Waals surface area contributed by atoms with Crippen LogP contribution in [0.25, 0.3) is 0 Å². The molecule has 1 aliphatic rings. The molecule has 1 atom stereocenters. The van der Waals surface area contributed by atoms with E-state index < -0.39 is 10.0 Å². The largest absolute Gasteiger partial charge is 0.496 e. The number of Topliss-reactive ketones (excluding diaryl/α,β-unsaturated/α-hetero) is 1. The summed E-state index contributed by atoms with van der Waals surface area (Å²) in [6.45, 7) is 1.02. The van der Waals surface area contributed by atoms with E-state index in [1.807, 2.05) is 0 Å². The van der Waals surface area contributed by atoms with Gasteiger partial charge in [0.25, 0.3) is 0 Å². The maximum Gasteiger partial charge on any atom is 0.211 e. The molecule has 0 radical (unpaired) electrons. The van der Waals surface area contributed by atoms with Gasteiger partial charge in [0.1, 0.15) is 5.75 Å². The van der Waals surface area contributed by atoms with Gasteiger partial charge in [0.05, 0.1) is 18.2 Å². The Hall–Kier alpha value is -0.920. The molecule has 1 aromatic rings. The van der Waals surface area contributed by atoms with Gasteiger partial charge in [0.15, 0.2) is 5.78 Å². The number of hydrogen-bond donors (Lipinski definition) is 0. The minimum absolute atomic E-state index is 0.0682. The molecule has 112 valence electrons. The lowest BCUT2D eigenvalue weighted by Gasteiger charge is -2.30. The Morgan fingerprint density at radius 3 is 2.90 bits per heavy atom. The van der Waals surface area contributed by atoms with E-state index in [4.69, 9.17) is 4.74 Å². The van der Waals surface area contributed by atoms with Gasteiger partial charge in [0.2, 0.25) is 10.0 Å². The molecule has 0 aromatic carbocycles. The zero-order valence-corrected chi connectivity index (χ0v) is 13.3. The number of piperidine rings is 1. The molecule has 0 amide bonds. The van der Waals surface area contributed by atoms with E-state index in [9.17, 15) is 13.2 Å². The van der Waals surface area contributed by atoms with E-state index in [0.717, 1.165) is 12.8 Å². The minimum atomic E-state index is -3.15. The van der Waals surface area contributed by atoms with Gasteiger partial charge in [0, 0.05) is 31.0 Å². The van der Waals surface area contributed by atoms with Crippen molar-refractivity contribution in [1.29, 1.82) is 0 Å². The molecule has 2 rings (SSSR count). The fourth-order valence-corrected chi connectivity index (χ4v) is 4.18. The summed E-state index contributed by atoms with van der Waals surface area (Å²) in [4.78, 5) is 12.9. The van der Waals surface area contributed by atoms with Gasteiger partial charge in [-0.05, 0) is 18.8 Å². The van der Waals surface area contributed by atoms with Crippen molar-refractivity contribution in [3.8, 4) is 5.75 Å². The zero-order valence-electron chi connectivity index (χ0n) is 11.7. The summed E-state index contributed by atoms with van der Waals surface area (Å²) in [5.41, 5.74) is 0. The standard InChI is InChI=1S/C13H19NO4S2/c1-18-11-7-13(19-9-11)12(15)6-10-4-3-5-14(8-10)20(2,16)17/h7,9-10H,3-6,8H2,1-2H3. The van der Waals surface area contributed by atoms with Crippen LogP contribution in [0.5, 0.6) is 5.75 Å². The van der Waals surface area contributed by atoms with Crippen LogP contribution in [0.3, 0.4) is 0 Å². The Balaban J connectivity index is 1.97. The summed E-state index contributed by atoms with van der Waals surface area (Å²) in [6, 6.07) is 1.74. The number of sulfonamides is 1. The second kappa shape index (κ2) is 6.24. The number of carbonyl (C=O) groups is 1. The Morgan fingerprint density at radius 2 is 2.30 bits per heavy atom. The summed E-state index contributed by atoms with van der Waals surface area (Å²) >= 11 is 1.37. The molecule has 1 fully saturated rings. The molecule has 20 heavy (non-hydrogen) atoms. The second-order valence-electron chi connectivity index (χ2n) is 5.11. The monoisotopic (exact) mass is 317 g/mol. The van der Waals surface area contributed by atoms with Gasteiger partial charge in [-0.3, -0.25) is 4.79 Å². The molecule has 0 aliphatic carbocycles. The highest BCUT2D eigenvalue weighted by Crippen LogP contribution is 2.27. The normalized spacial score (nSPS) is 20.8. The summed E-state index contributed by atoms with van der Waals surface area (Å²) in [5, 5.41) is 1.80. The number of rotatable bonds is 5. The predicted octanol–water partition coefficient (Wildman–Crippen LogP) is 2.00. The van der Waals surface area contributed by atoms with Crippen LogP contribution in [0.15, 0.2) is 11.4 Å². The molecule has 0 spiro atoms.